The van der Waals surface area contributed by atoms with Crippen LogP contribution in [0.4, 0.5) is 0 Å². The van der Waals surface area contributed by atoms with E-state index >= 15 is 0 Å². The highest BCUT2D eigenvalue weighted by molar-refractivity contribution is 4.81. The molecule has 84 valence electrons. The largest absolute Gasteiger partial charge is 0.316 e. The van der Waals surface area contributed by atoms with Gasteiger partial charge in [-0.3, -0.25) is 0 Å². The van der Waals surface area contributed by atoms with Crippen LogP contribution in [0.5, 0.6) is 0 Å². The fraction of sp³-hybridized carbons (Fsp3) is 1.00. The summed E-state index contributed by atoms with van der Waals surface area (Å²) in [6.07, 6.45) is 1.35. The van der Waals surface area contributed by atoms with Gasteiger partial charge in [-0.1, -0.05) is 20.8 Å². The molecule has 0 bridgehead atoms. The molecule has 0 amide bonds. The van der Waals surface area contributed by atoms with Gasteiger partial charge in [0, 0.05) is 12.6 Å². The van der Waals surface area contributed by atoms with E-state index in [4.69, 9.17) is 0 Å². The summed E-state index contributed by atoms with van der Waals surface area (Å²) >= 11 is 0. The minimum Gasteiger partial charge on any atom is -0.316 e. The molecule has 0 aromatic carbocycles. The summed E-state index contributed by atoms with van der Waals surface area (Å²) in [5, 5.41) is 3.43. The molecule has 1 aliphatic rings. The van der Waals surface area contributed by atoms with Crippen LogP contribution in [0.25, 0.3) is 0 Å². The Labute approximate surface area is 89.1 Å². The molecule has 1 saturated heterocycles. The van der Waals surface area contributed by atoms with E-state index in [2.05, 4.69) is 45.0 Å². The molecule has 2 atom stereocenters. The van der Waals surface area contributed by atoms with Crippen molar-refractivity contribution in [2.75, 3.05) is 26.7 Å². The quantitative estimate of drug-likeness (QED) is 0.746. The second-order valence-electron chi connectivity index (χ2n) is 5.84. The maximum Gasteiger partial charge on any atom is 0.0112 e. The Kier molecular flexibility index (Phi) is 3.96. The SMILES string of the molecule is CC(N(C)CC1CCNC1)C(C)(C)C. The molecule has 1 aliphatic heterocycles. The predicted octanol–water partition coefficient (Wildman–Crippen LogP) is 1.96. The lowest BCUT2D eigenvalue weighted by atomic mass is 9.86. The van der Waals surface area contributed by atoms with Gasteiger partial charge in [0.1, 0.15) is 0 Å². The second kappa shape index (κ2) is 4.63. The highest BCUT2D eigenvalue weighted by atomic mass is 15.1. The molecule has 2 heteroatoms. The van der Waals surface area contributed by atoms with Crippen LogP contribution < -0.4 is 5.32 Å². The molecular weight excluding hydrogens is 172 g/mol. The third-order valence-corrected chi connectivity index (χ3v) is 3.62. The summed E-state index contributed by atoms with van der Waals surface area (Å²) in [6.45, 7) is 13.0. The lowest BCUT2D eigenvalue weighted by Crippen LogP contribution is -2.42. The van der Waals surface area contributed by atoms with Crippen molar-refractivity contribution in [1.82, 2.24) is 10.2 Å². The van der Waals surface area contributed by atoms with E-state index in [0.29, 0.717) is 11.5 Å². The highest BCUT2D eigenvalue weighted by Crippen LogP contribution is 2.24. The van der Waals surface area contributed by atoms with Crippen LogP contribution >= 0.6 is 0 Å². The molecule has 14 heavy (non-hydrogen) atoms. The first-order valence-electron chi connectivity index (χ1n) is 5.82. The maximum atomic E-state index is 3.43. The minimum atomic E-state index is 0.390. The number of rotatable bonds is 3. The Morgan fingerprint density at radius 3 is 2.50 bits per heavy atom. The van der Waals surface area contributed by atoms with Crippen LogP contribution in [0, 0.1) is 11.3 Å². The van der Waals surface area contributed by atoms with E-state index in [1.807, 2.05) is 0 Å². The van der Waals surface area contributed by atoms with E-state index in [0.717, 1.165) is 5.92 Å². The lowest BCUT2D eigenvalue weighted by molar-refractivity contribution is 0.126. The van der Waals surface area contributed by atoms with Crippen LogP contribution in [-0.4, -0.2) is 37.6 Å². The van der Waals surface area contributed by atoms with Gasteiger partial charge >= 0.3 is 0 Å². The first kappa shape index (κ1) is 12.0. The van der Waals surface area contributed by atoms with Crippen LogP contribution in [0.15, 0.2) is 0 Å². The summed E-state index contributed by atoms with van der Waals surface area (Å²) < 4.78 is 0. The van der Waals surface area contributed by atoms with E-state index in [-0.39, 0.29) is 0 Å². The highest BCUT2D eigenvalue weighted by Gasteiger charge is 2.26. The van der Waals surface area contributed by atoms with Crippen LogP contribution in [-0.2, 0) is 0 Å². The van der Waals surface area contributed by atoms with Gasteiger partial charge in [-0.25, -0.2) is 0 Å². The average molecular weight is 198 g/mol. The van der Waals surface area contributed by atoms with Gasteiger partial charge in [0.2, 0.25) is 0 Å². The summed E-state index contributed by atoms with van der Waals surface area (Å²) in [6, 6.07) is 0.656. The maximum absolute atomic E-state index is 3.43. The number of nitrogens with one attached hydrogen (secondary N) is 1. The zero-order valence-electron chi connectivity index (χ0n) is 10.4. The van der Waals surface area contributed by atoms with Gasteiger partial charge in [-0.05, 0) is 44.8 Å². The lowest BCUT2D eigenvalue weighted by Gasteiger charge is -2.36. The number of hydrogen-bond acceptors (Lipinski definition) is 2. The number of hydrogen-bond donors (Lipinski definition) is 1. The first-order chi connectivity index (χ1) is 6.41. The standard InChI is InChI=1S/C12H26N2/c1-10(12(2,3)4)14(5)9-11-6-7-13-8-11/h10-11,13H,6-9H2,1-5H3. The van der Waals surface area contributed by atoms with Gasteiger partial charge in [0.25, 0.3) is 0 Å². The van der Waals surface area contributed by atoms with Crippen molar-refractivity contribution in [3.63, 3.8) is 0 Å². The van der Waals surface area contributed by atoms with Gasteiger partial charge in [0.05, 0.1) is 0 Å². The molecule has 0 saturated carbocycles. The summed E-state index contributed by atoms with van der Waals surface area (Å²) in [5.41, 5.74) is 0.390. The van der Waals surface area contributed by atoms with Crippen LogP contribution in [0.3, 0.4) is 0 Å². The van der Waals surface area contributed by atoms with Gasteiger partial charge in [-0.15, -0.1) is 0 Å². The first-order valence-corrected chi connectivity index (χ1v) is 5.82. The average Bonchev–Trinajstić information content (AvgIpc) is 2.53. The molecule has 0 aromatic heterocycles. The summed E-state index contributed by atoms with van der Waals surface area (Å²) in [4.78, 5) is 2.51. The van der Waals surface area contributed by atoms with Crippen molar-refractivity contribution < 1.29 is 0 Å². The summed E-state index contributed by atoms with van der Waals surface area (Å²) in [7, 11) is 2.26. The Morgan fingerprint density at radius 2 is 2.07 bits per heavy atom. The topological polar surface area (TPSA) is 15.3 Å². The molecule has 1 rings (SSSR count). The van der Waals surface area contributed by atoms with Gasteiger partial charge in [0.15, 0.2) is 0 Å². The zero-order chi connectivity index (χ0) is 10.8. The van der Waals surface area contributed by atoms with Crippen molar-refractivity contribution in [3.05, 3.63) is 0 Å². The Balaban J connectivity index is 2.36. The van der Waals surface area contributed by atoms with Crippen molar-refractivity contribution in [2.45, 2.75) is 40.2 Å². The molecule has 1 heterocycles. The van der Waals surface area contributed by atoms with E-state index in [1.165, 1.54) is 26.1 Å². The normalized spacial score (nSPS) is 25.7. The fourth-order valence-corrected chi connectivity index (χ4v) is 2.10. The van der Waals surface area contributed by atoms with E-state index in [1.54, 1.807) is 0 Å². The molecule has 1 N–H and O–H groups in total. The van der Waals surface area contributed by atoms with Crippen LogP contribution in [0.2, 0.25) is 0 Å². The van der Waals surface area contributed by atoms with Crippen molar-refractivity contribution in [2.24, 2.45) is 11.3 Å². The third kappa shape index (κ3) is 3.25. The van der Waals surface area contributed by atoms with Gasteiger partial charge in [-0.2, -0.15) is 0 Å². The number of nitrogens with zero attached hydrogens (tertiary/aromatic N) is 1. The van der Waals surface area contributed by atoms with E-state index < -0.39 is 0 Å². The Morgan fingerprint density at radius 1 is 1.43 bits per heavy atom. The molecule has 0 radical (unpaired) electrons. The zero-order valence-corrected chi connectivity index (χ0v) is 10.4. The van der Waals surface area contributed by atoms with Crippen molar-refractivity contribution >= 4 is 0 Å². The molecule has 0 spiro atoms. The van der Waals surface area contributed by atoms with Crippen molar-refractivity contribution in [3.8, 4) is 0 Å². The molecule has 1 fully saturated rings. The minimum absolute atomic E-state index is 0.390. The predicted molar refractivity (Wildman–Crippen MR) is 62.5 cm³/mol. The Hall–Kier alpha value is -0.0800. The molecular formula is C12H26N2. The monoisotopic (exact) mass is 198 g/mol. The van der Waals surface area contributed by atoms with Gasteiger partial charge < -0.3 is 10.2 Å². The Bertz CT molecular complexity index is 166. The van der Waals surface area contributed by atoms with E-state index in [9.17, 15) is 0 Å². The smallest absolute Gasteiger partial charge is 0.0112 e. The molecule has 2 unspecified atom stereocenters. The second-order valence-corrected chi connectivity index (χ2v) is 5.84. The van der Waals surface area contributed by atoms with Crippen LogP contribution in [0.1, 0.15) is 34.1 Å². The summed E-state index contributed by atoms with van der Waals surface area (Å²) in [5.74, 6) is 0.866. The fourth-order valence-electron chi connectivity index (χ4n) is 2.10. The third-order valence-electron chi connectivity index (χ3n) is 3.62. The molecule has 0 aromatic rings. The molecule has 0 aliphatic carbocycles. The molecule has 2 nitrogen and oxygen atoms in total. The van der Waals surface area contributed by atoms with Crippen molar-refractivity contribution in [1.29, 1.82) is 0 Å².